The van der Waals surface area contributed by atoms with E-state index >= 15 is 0 Å². The van der Waals surface area contributed by atoms with Gasteiger partial charge in [0.25, 0.3) is 5.92 Å². The van der Waals surface area contributed by atoms with E-state index in [4.69, 9.17) is 4.74 Å². The van der Waals surface area contributed by atoms with E-state index in [0.717, 1.165) is 4.90 Å². The Labute approximate surface area is 173 Å². The SMILES string of the molecule is CC(C)(C)OC(=O)N1CCC(N2CCN(C3CCC(=O)NC3=O)C(=O)C2)C(F)(F)C1. The summed E-state index contributed by atoms with van der Waals surface area (Å²) in [7, 11) is 0. The Morgan fingerprint density at radius 3 is 2.40 bits per heavy atom. The van der Waals surface area contributed by atoms with Crippen LogP contribution in [0.2, 0.25) is 0 Å². The number of hydrogen-bond acceptors (Lipinski definition) is 6. The molecule has 3 heterocycles. The second kappa shape index (κ2) is 8.09. The third-order valence-electron chi connectivity index (χ3n) is 5.53. The zero-order chi connectivity index (χ0) is 22.3. The average Bonchev–Trinajstić information content (AvgIpc) is 2.60. The minimum Gasteiger partial charge on any atom is -0.444 e. The summed E-state index contributed by atoms with van der Waals surface area (Å²) in [5, 5.41) is 2.21. The molecular formula is C19H28F2N4O5. The van der Waals surface area contributed by atoms with Crippen molar-refractivity contribution in [1.82, 2.24) is 20.0 Å². The molecule has 0 aromatic rings. The molecule has 0 radical (unpaired) electrons. The Kier molecular flexibility index (Phi) is 6.03. The van der Waals surface area contributed by atoms with Gasteiger partial charge in [0.2, 0.25) is 17.7 Å². The van der Waals surface area contributed by atoms with Crippen LogP contribution in [-0.2, 0) is 19.1 Å². The smallest absolute Gasteiger partial charge is 0.410 e. The molecule has 2 atom stereocenters. The standard InChI is InChI=1S/C19H28F2N4O5/c1-18(2,3)30-17(29)24-7-6-13(19(20,21)11-24)23-8-9-25(15(27)10-23)12-4-5-14(26)22-16(12)28/h12-13H,4-11H2,1-3H3,(H,22,26,28). The third-order valence-corrected chi connectivity index (χ3v) is 5.53. The van der Waals surface area contributed by atoms with Gasteiger partial charge in [-0.15, -0.1) is 0 Å². The molecule has 3 fully saturated rings. The van der Waals surface area contributed by atoms with Crippen molar-refractivity contribution in [3.05, 3.63) is 0 Å². The maximum atomic E-state index is 14.9. The number of carbonyl (C=O) groups is 4. The Morgan fingerprint density at radius 1 is 1.13 bits per heavy atom. The van der Waals surface area contributed by atoms with Gasteiger partial charge in [0.05, 0.1) is 19.1 Å². The summed E-state index contributed by atoms with van der Waals surface area (Å²) in [6.07, 6.45) is -0.386. The number of amides is 4. The lowest BCUT2D eigenvalue weighted by molar-refractivity contribution is -0.159. The van der Waals surface area contributed by atoms with Crippen LogP contribution in [0.1, 0.15) is 40.0 Å². The largest absolute Gasteiger partial charge is 0.444 e. The number of imide groups is 1. The molecule has 3 rings (SSSR count). The highest BCUT2D eigenvalue weighted by molar-refractivity contribution is 6.01. The first-order valence-corrected chi connectivity index (χ1v) is 10.1. The second-order valence-electron chi connectivity index (χ2n) is 8.99. The Bertz CT molecular complexity index is 739. The van der Waals surface area contributed by atoms with Crippen molar-refractivity contribution in [2.45, 2.75) is 63.6 Å². The topological polar surface area (TPSA) is 99.3 Å². The predicted octanol–water partition coefficient (Wildman–Crippen LogP) is 0.581. The number of carbonyl (C=O) groups excluding carboxylic acids is 4. The van der Waals surface area contributed by atoms with Gasteiger partial charge in [0.15, 0.2) is 0 Å². The number of rotatable bonds is 2. The molecule has 4 amide bonds. The molecule has 0 aliphatic carbocycles. The van der Waals surface area contributed by atoms with Crippen molar-refractivity contribution in [2.75, 3.05) is 32.7 Å². The lowest BCUT2D eigenvalue weighted by Gasteiger charge is -2.47. The first-order chi connectivity index (χ1) is 13.9. The molecule has 0 aromatic heterocycles. The second-order valence-corrected chi connectivity index (χ2v) is 8.99. The lowest BCUT2D eigenvalue weighted by Crippen LogP contribution is -2.66. The fourth-order valence-electron chi connectivity index (χ4n) is 4.14. The molecule has 2 unspecified atom stereocenters. The van der Waals surface area contributed by atoms with Crippen LogP contribution in [0, 0.1) is 0 Å². The number of nitrogens with one attached hydrogen (secondary N) is 1. The maximum absolute atomic E-state index is 14.9. The van der Waals surface area contributed by atoms with E-state index in [2.05, 4.69) is 5.32 Å². The van der Waals surface area contributed by atoms with E-state index in [1.54, 1.807) is 20.8 Å². The minimum absolute atomic E-state index is 0.0118. The Hall–Kier alpha value is -2.30. The summed E-state index contributed by atoms with van der Waals surface area (Å²) in [5.74, 6) is -4.52. The van der Waals surface area contributed by atoms with Gasteiger partial charge in [0, 0.05) is 26.1 Å². The van der Waals surface area contributed by atoms with Crippen molar-refractivity contribution in [1.29, 1.82) is 0 Å². The zero-order valence-corrected chi connectivity index (χ0v) is 17.5. The average molecular weight is 430 g/mol. The summed E-state index contributed by atoms with van der Waals surface area (Å²) < 4.78 is 34.9. The fourth-order valence-corrected chi connectivity index (χ4v) is 4.14. The highest BCUT2D eigenvalue weighted by Crippen LogP contribution is 2.33. The van der Waals surface area contributed by atoms with Crippen LogP contribution in [0.15, 0.2) is 0 Å². The van der Waals surface area contributed by atoms with E-state index in [0.29, 0.717) is 0 Å². The van der Waals surface area contributed by atoms with Crippen LogP contribution in [0.5, 0.6) is 0 Å². The molecule has 9 nitrogen and oxygen atoms in total. The number of alkyl halides is 2. The number of piperidine rings is 2. The van der Waals surface area contributed by atoms with Crippen LogP contribution >= 0.6 is 0 Å². The molecule has 0 aromatic carbocycles. The van der Waals surface area contributed by atoms with E-state index in [1.165, 1.54) is 9.80 Å². The quantitative estimate of drug-likeness (QED) is 0.644. The van der Waals surface area contributed by atoms with Gasteiger partial charge in [0.1, 0.15) is 11.6 Å². The van der Waals surface area contributed by atoms with E-state index in [-0.39, 0.29) is 51.3 Å². The van der Waals surface area contributed by atoms with Crippen LogP contribution in [0.25, 0.3) is 0 Å². The van der Waals surface area contributed by atoms with Crippen LogP contribution in [0.4, 0.5) is 13.6 Å². The summed E-state index contributed by atoms with van der Waals surface area (Å²) in [6, 6.07) is -1.92. The predicted molar refractivity (Wildman–Crippen MR) is 101 cm³/mol. The van der Waals surface area contributed by atoms with Crippen LogP contribution in [-0.4, -0.2) is 94.8 Å². The van der Waals surface area contributed by atoms with E-state index in [1.807, 2.05) is 0 Å². The Balaban J connectivity index is 1.60. The molecule has 3 saturated heterocycles. The number of ether oxygens (including phenoxy) is 1. The highest BCUT2D eigenvalue weighted by Gasteiger charge is 2.51. The van der Waals surface area contributed by atoms with Gasteiger partial charge in [-0.2, -0.15) is 0 Å². The van der Waals surface area contributed by atoms with Gasteiger partial charge in [-0.1, -0.05) is 0 Å². The molecule has 1 N–H and O–H groups in total. The number of piperazine rings is 1. The molecule has 3 aliphatic rings. The zero-order valence-electron chi connectivity index (χ0n) is 17.5. The molecule has 11 heteroatoms. The van der Waals surface area contributed by atoms with Crippen LogP contribution < -0.4 is 5.32 Å². The number of nitrogens with zero attached hydrogens (tertiary/aromatic N) is 3. The van der Waals surface area contributed by atoms with Crippen molar-refractivity contribution < 1.29 is 32.7 Å². The minimum atomic E-state index is -3.20. The van der Waals surface area contributed by atoms with Crippen molar-refractivity contribution in [2.24, 2.45) is 0 Å². The molecule has 0 bridgehead atoms. The molecule has 0 spiro atoms. The van der Waals surface area contributed by atoms with E-state index in [9.17, 15) is 28.0 Å². The van der Waals surface area contributed by atoms with E-state index < -0.39 is 48.1 Å². The normalized spacial score (nSPS) is 28.4. The third kappa shape index (κ3) is 4.88. The van der Waals surface area contributed by atoms with Gasteiger partial charge >= 0.3 is 6.09 Å². The van der Waals surface area contributed by atoms with Gasteiger partial charge in [-0.25, -0.2) is 13.6 Å². The maximum Gasteiger partial charge on any atom is 0.410 e. The van der Waals surface area contributed by atoms with Gasteiger partial charge < -0.3 is 14.5 Å². The monoisotopic (exact) mass is 430 g/mol. The Morgan fingerprint density at radius 2 is 1.83 bits per heavy atom. The first kappa shape index (κ1) is 22.4. The van der Waals surface area contributed by atoms with Crippen molar-refractivity contribution >= 4 is 23.8 Å². The fraction of sp³-hybridized carbons (Fsp3) is 0.789. The lowest BCUT2D eigenvalue weighted by atomic mass is 9.97. The van der Waals surface area contributed by atoms with Crippen molar-refractivity contribution in [3.63, 3.8) is 0 Å². The van der Waals surface area contributed by atoms with Gasteiger partial charge in [-0.3, -0.25) is 24.6 Å². The summed E-state index contributed by atoms with van der Waals surface area (Å²) in [4.78, 5) is 51.9. The van der Waals surface area contributed by atoms with Crippen LogP contribution in [0.3, 0.4) is 0 Å². The van der Waals surface area contributed by atoms with Crippen molar-refractivity contribution in [3.8, 4) is 0 Å². The highest BCUT2D eigenvalue weighted by atomic mass is 19.3. The first-order valence-electron chi connectivity index (χ1n) is 10.1. The number of halogens is 2. The number of hydrogen-bond donors (Lipinski definition) is 1. The molecule has 30 heavy (non-hydrogen) atoms. The summed E-state index contributed by atoms with van der Waals surface area (Å²) >= 11 is 0. The molecular weight excluding hydrogens is 402 g/mol. The molecule has 0 saturated carbocycles. The van der Waals surface area contributed by atoms with Gasteiger partial charge in [-0.05, 0) is 33.6 Å². The molecule has 3 aliphatic heterocycles. The summed E-state index contributed by atoms with van der Waals surface area (Å²) in [5.41, 5.74) is -0.776. The number of likely N-dealkylation sites (tertiary alicyclic amines) is 1. The molecule has 168 valence electrons. The summed E-state index contributed by atoms with van der Waals surface area (Å²) in [6.45, 7) is 4.44.